The van der Waals surface area contributed by atoms with Gasteiger partial charge < -0.3 is 16.0 Å². The molecular formula is C16H28IN5. The van der Waals surface area contributed by atoms with Gasteiger partial charge in [-0.05, 0) is 43.7 Å². The van der Waals surface area contributed by atoms with Crippen molar-refractivity contribution in [3.8, 4) is 0 Å². The first-order valence-corrected chi connectivity index (χ1v) is 7.95. The number of likely N-dealkylation sites (tertiary alicyclic amines) is 1. The molecule has 0 radical (unpaired) electrons. The lowest BCUT2D eigenvalue weighted by Crippen LogP contribution is -2.43. The summed E-state index contributed by atoms with van der Waals surface area (Å²) in [7, 11) is 0. The molecule has 0 saturated carbocycles. The van der Waals surface area contributed by atoms with Crippen molar-refractivity contribution in [1.82, 2.24) is 9.88 Å². The minimum Gasteiger partial charge on any atom is -0.370 e. The van der Waals surface area contributed by atoms with Crippen molar-refractivity contribution in [3.63, 3.8) is 0 Å². The third kappa shape index (κ3) is 6.81. The van der Waals surface area contributed by atoms with Crippen LogP contribution in [-0.2, 0) is 0 Å². The average molecular weight is 417 g/mol. The Morgan fingerprint density at radius 2 is 2.32 bits per heavy atom. The number of unbranched alkanes of at least 4 members (excludes halogenated alkanes) is 1. The van der Waals surface area contributed by atoms with Crippen molar-refractivity contribution in [2.75, 3.05) is 31.5 Å². The number of hydrogen-bond acceptors (Lipinski definition) is 3. The van der Waals surface area contributed by atoms with Crippen LogP contribution in [0.1, 0.15) is 32.6 Å². The molecule has 5 nitrogen and oxygen atoms in total. The van der Waals surface area contributed by atoms with E-state index >= 15 is 0 Å². The van der Waals surface area contributed by atoms with Crippen molar-refractivity contribution in [2.24, 2.45) is 16.6 Å². The van der Waals surface area contributed by atoms with Gasteiger partial charge in [-0.1, -0.05) is 13.0 Å². The Morgan fingerprint density at radius 1 is 1.45 bits per heavy atom. The van der Waals surface area contributed by atoms with Crippen LogP contribution in [0.3, 0.4) is 0 Å². The Bertz CT molecular complexity index is 437. The van der Waals surface area contributed by atoms with Crippen LogP contribution in [0.5, 0.6) is 0 Å². The van der Waals surface area contributed by atoms with E-state index in [0.29, 0.717) is 0 Å². The molecule has 1 unspecified atom stereocenters. The summed E-state index contributed by atoms with van der Waals surface area (Å²) in [6.07, 6.45) is 6.45. The number of aromatic nitrogens is 1. The van der Waals surface area contributed by atoms with Crippen molar-refractivity contribution < 1.29 is 0 Å². The topological polar surface area (TPSA) is 66.5 Å². The summed E-state index contributed by atoms with van der Waals surface area (Å²) in [5, 5.41) is 3.30. The molecule has 1 fully saturated rings. The van der Waals surface area contributed by atoms with Gasteiger partial charge in [0.05, 0.1) is 0 Å². The molecule has 1 aromatic heterocycles. The number of hydrogen-bond donors (Lipinski definition) is 2. The van der Waals surface area contributed by atoms with E-state index in [-0.39, 0.29) is 24.0 Å². The van der Waals surface area contributed by atoms with E-state index in [2.05, 4.69) is 27.1 Å². The van der Waals surface area contributed by atoms with E-state index in [1.807, 2.05) is 18.2 Å². The highest BCUT2D eigenvalue weighted by atomic mass is 127. The summed E-state index contributed by atoms with van der Waals surface area (Å²) in [4.78, 5) is 11.0. The number of anilines is 1. The normalized spacial score (nSPS) is 18.7. The van der Waals surface area contributed by atoms with Crippen LogP contribution in [0.25, 0.3) is 0 Å². The number of nitrogens with one attached hydrogen (secondary N) is 1. The van der Waals surface area contributed by atoms with Crippen LogP contribution >= 0.6 is 24.0 Å². The van der Waals surface area contributed by atoms with Gasteiger partial charge in [0.15, 0.2) is 5.96 Å². The number of nitrogens with two attached hydrogens (primary N) is 1. The van der Waals surface area contributed by atoms with E-state index in [4.69, 9.17) is 5.73 Å². The third-order valence-corrected chi connectivity index (χ3v) is 3.81. The second-order valence-corrected chi connectivity index (χ2v) is 5.78. The van der Waals surface area contributed by atoms with E-state index < -0.39 is 0 Å². The number of piperidine rings is 1. The molecule has 1 atom stereocenters. The predicted octanol–water partition coefficient (Wildman–Crippen LogP) is 2.94. The molecule has 0 bridgehead atoms. The fourth-order valence-electron chi connectivity index (χ4n) is 2.61. The van der Waals surface area contributed by atoms with Crippen molar-refractivity contribution >= 4 is 35.8 Å². The SMILES string of the molecule is CC1CCCN(C(N)=NCCCCNc2ccccn2)C1.I. The highest BCUT2D eigenvalue weighted by Crippen LogP contribution is 2.14. The molecule has 1 saturated heterocycles. The second kappa shape index (κ2) is 10.6. The maximum Gasteiger partial charge on any atom is 0.191 e. The van der Waals surface area contributed by atoms with Crippen LogP contribution in [0.2, 0.25) is 0 Å². The summed E-state index contributed by atoms with van der Waals surface area (Å²) in [6, 6.07) is 5.89. The summed E-state index contributed by atoms with van der Waals surface area (Å²) in [5.41, 5.74) is 6.07. The molecule has 0 spiro atoms. The maximum atomic E-state index is 6.07. The first-order chi connectivity index (χ1) is 10.3. The zero-order valence-corrected chi connectivity index (χ0v) is 15.7. The number of guanidine groups is 1. The van der Waals surface area contributed by atoms with Crippen LogP contribution < -0.4 is 11.1 Å². The number of aliphatic imine (C=N–C) groups is 1. The number of pyridine rings is 1. The van der Waals surface area contributed by atoms with E-state index in [1.54, 1.807) is 6.20 Å². The highest BCUT2D eigenvalue weighted by Gasteiger charge is 2.17. The Balaban J connectivity index is 0.00000242. The van der Waals surface area contributed by atoms with Crippen LogP contribution in [0.15, 0.2) is 29.4 Å². The van der Waals surface area contributed by atoms with Crippen molar-refractivity contribution in [3.05, 3.63) is 24.4 Å². The van der Waals surface area contributed by atoms with Gasteiger partial charge in [0.25, 0.3) is 0 Å². The summed E-state index contributed by atoms with van der Waals surface area (Å²) >= 11 is 0. The highest BCUT2D eigenvalue weighted by molar-refractivity contribution is 14.0. The second-order valence-electron chi connectivity index (χ2n) is 5.78. The molecule has 1 aromatic rings. The van der Waals surface area contributed by atoms with Gasteiger partial charge >= 0.3 is 0 Å². The standard InChI is InChI=1S/C16H27N5.HI/c1-14-7-6-12-21(13-14)16(17)20-11-5-4-10-19-15-8-2-3-9-18-15;/h2-3,8-9,14H,4-7,10-13H2,1H3,(H2,17,20)(H,18,19);1H. The summed E-state index contributed by atoms with van der Waals surface area (Å²) in [5.74, 6) is 2.39. The lowest BCUT2D eigenvalue weighted by Gasteiger charge is -2.31. The Kier molecular flexibility index (Phi) is 9.19. The monoisotopic (exact) mass is 417 g/mol. The first kappa shape index (κ1) is 19.0. The van der Waals surface area contributed by atoms with Crippen molar-refractivity contribution in [1.29, 1.82) is 0 Å². The molecule has 124 valence electrons. The molecule has 2 heterocycles. The average Bonchev–Trinajstić information content (AvgIpc) is 2.51. The van der Waals surface area contributed by atoms with Crippen LogP contribution in [-0.4, -0.2) is 42.0 Å². The summed E-state index contributed by atoms with van der Waals surface area (Å²) in [6.45, 7) is 6.12. The molecule has 0 aromatic carbocycles. The molecule has 2 rings (SSSR count). The lowest BCUT2D eigenvalue weighted by molar-refractivity contribution is 0.270. The van der Waals surface area contributed by atoms with Crippen LogP contribution in [0, 0.1) is 5.92 Å². The molecule has 0 amide bonds. The quantitative estimate of drug-likeness (QED) is 0.323. The molecule has 0 aliphatic carbocycles. The largest absolute Gasteiger partial charge is 0.370 e. The van der Waals surface area contributed by atoms with Gasteiger partial charge in [-0.15, -0.1) is 24.0 Å². The lowest BCUT2D eigenvalue weighted by atomic mass is 10.0. The third-order valence-electron chi connectivity index (χ3n) is 3.81. The molecular weight excluding hydrogens is 389 g/mol. The Hall–Kier alpha value is -1.05. The minimum atomic E-state index is 0. The molecule has 6 heteroatoms. The number of halogens is 1. The van der Waals surface area contributed by atoms with Gasteiger partial charge in [0.1, 0.15) is 5.82 Å². The fourth-order valence-corrected chi connectivity index (χ4v) is 2.61. The maximum absolute atomic E-state index is 6.07. The molecule has 1 aliphatic rings. The zero-order valence-electron chi connectivity index (χ0n) is 13.4. The van der Waals surface area contributed by atoms with E-state index in [1.165, 1.54) is 12.8 Å². The van der Waals surface area contributed by atoms with Gasteiger partial charge in [-0.25, -0.2) is 4.98 Å². The number of nitrogens with zero attached hydrogens (tertiary/aromatic N) is 3. The Labute approximate surface area is 150 Å². The zero-order chi connectivity index (χ0) is 14.9. The fraction of sp³-hybridized carbons (Fsp3) is 0.625. The van der Waals surface area contributed by atoms with Gasteiger partial charge in [0, 0.05) is 32.4 Å². The predicted molar refractivity (Wildman–Crippen MR) is 104 cm³/mol. The minimum absolute atomic E-state index is 0. The Morgan fingerprint density at radius 3 is 3.05 bits per heavy atom. The molecule has 22 heavy (non-hydrogen) atoms. The smallest absolute Gasteiger partial charge is 0.191 e. The van der Waals surface area contributed by atoms with Crippen LogP contribution in [0.4, 0.5) is 5.82 Å². The van der Waals surface area contributed by atoms with E-state index in [0.717, 1.165) is 56.7 Å². The molecule has 1 aliphatic heterocycles. The van der Waals surface area contributed by atoms with Crippen molar-refractivity contribution in [2.45, 2.75) is 32.6 Å². The van der Waals surface area contributed by atoms with Gasteiger partial charge in [0.2, 0.25) is 0 Å². The van der Waals surface area contributed by atoms with Gasteiger partial charge in [-0.3, -0.25) is 4.99 Å². The number of rotatable bonds is 6. The van der Waals surface area contributed by atoms with E-state index in [9.17, 15) is 0 Å². The first-order valence-electron chi connectivity index (χ1n) is 7.95. The summed E-state index contributed by atoms with van der Waals surface area (Å²) < 4.78 is 0. The van der Waals surface area contributed by atoms with Gasteiger partial charge in [-0.2, -0.15) is 0 Å². The molecule has 3 N–H and O–H groups in total.